The molecular weight excluding hydrogens is 248 g/mol. The van der Waals surface area contributed by atoms with Crippen molar-refractivity contribution in [3.05, 3.63) is 29.3 Å². The summed E-state index contributed by atoms with van der Waals surface area (Å²) in [5, 5.41) is 3.62. The van der Waals surface area contributed by atoms with E-state index in [0.717, 1.165) is 37.7 Å². The lowest BCUT2D eigenvalue weighted by atomic mass is 10.0. The van der Waals surface area contributed by atoms with E-state index in [9.17, 15) is 0 Å². The minimum atomic E-state index is 0.650. The Labute approximate surface area is 122 Å². The summed E-state index contributed by atoms with van der Waals surface area (Å²) in [7, 11) is 0. The van der Waals surface area contributed by atoms with E-state index in [4.69, 9.17) is 4.74 Å². The van der Waals surface area contributed by atoms with Gasteiger partial charge in [0.2, 0.25) is 0 Å². The molecular formula is C17H26N2O. The van der Waals surface area contributed by atoms with E-state index >= 15 is 0 Å². The van der Waals surface area contributed by atoms with Crippen molar-refractivity contribution in [2.45, 2.75) is 32.7 Å². The molecule has 0 saturated carbocycles. The minimum absolute atomic E-state index is 0.650. The number of nitrogens with zero attached hydrogens (tertiary/aromatic N) is 1. The monoisotopic (exact) mass is 274 g/mol. The molecule has 0 bridgehead atoms. The van der Waals surface area contributed by atoms with Crippen molar-refractivity contribution in [1.82, 2.24) is 10.2 Å². The second-order valence-corrected chi connectivity index (χ2v) is 6.40. The maximum absolute atomic E-state index is 5.57. The highest BCUT2D eigenvalue weighted by atomic mass is 16.5. The van der Waals surface area contributed by atoms with Gasteiger partial charge in [-0.15, -0.1) is 0 Å². The summed E-state index contributed by atoms with van der Waals surface area (Å²) in [6, 6.07) is 7.36. The molecule has 1 fully saturated rings. The predicted octanol–water partition coefficient (Wildman–Crippen LogP) is 2.09. The predicted molar refractivity (Wildman–Crippen MR) is 82.4 cm³/mol. The van der Waals surface area contributed by atoms with Crippen LogP contribution in [0.5, 0.6) is 5.75 Å². The van der Waals surface area contributed by atoms with E-state index in [1.165, 1.54) is 30.8 Å². The fourth-order valence-corrected chi connectivity index (χ4v) is 3.17. The third-order valence-corrected chi connectivity index (χ3v) is 4.56. The summed E-state index contributed by atoms with van der Waals surface area (Å²) in [6.07, 6.45) is 2.23. The molecule has 20 heavy (non-hydrogen) atoms. The van der Waals surface area contributed by atoms with Crippen LogP contribution in [0.2, 0.25) is 0 Å². The lowest BCUT2D eigenvalue weighted by molar-refractivity contribution is 0.177. The van der Waals surface area contributed by atoms with Crippen molar-refractivity contribution >= 4 is 0 Å². The topological polar surface area (TPSA) is 24.5 Å². The Morgan fingerprint density at radius 1 is 1.40 bits per heavy atom. The van der Waals surface area contributed by atoms with E-state index in [0.29, 0.717) is 6.04 Å². The molecule has 2 aliphatic rings. The Bertz CT molecular complexity index is 458. The molecule has 1 aromatic rings. The van der Waals surface area contributed by atoms with Crippen molar-refractivity contribution in [3.63, 3.8) is 0 Å². The number of piperazine rings is 1. The summed E-state index contributed by atoms with van der Waals surface area (Å²) in [6.45, 7) is 10.1. The highest BCUT2D eigenvalue weighted by Gasteiger charge is 2.21. The molecule has 0 spiro atoms. The number of rotatable bonds is 4. The number of benzene rings is 1. The zero-order chi connectivity index (χ0) is 13.9. The van der Waals surface area contributed by atoms with Crippen LogP contribution in [0.3, 0.4) is 0 Å². The van der Waals surface area contributed by atoms with Crippen LogP contribution < -0.4 is 10.1 Å². The maximum Gasteiger partial charge on any atom is 0.122 e. The zero-order valence-electron chi connectivity index (χ0n) is 12.7. The number of fused-ring (bicyclic) bond motifs is 1. The highest BCUT2D eigenvalue weighted by molar-refractivity contribution is 5.39. The summed E-state index contributed by atoms with van der Waals surface area (Å²) in [4.78, 5) is 2.60. The van der Waals surface area contributed by atoms with Gasteiger partial charge in [-0.1, -0.05) is 26.0 Å². The Hall–Kier alpha value is -1.06. The van der Waals surface area contributed by atoms with Crippen LogP contribution in [0.15, 0.2) is 18.2 Å². The van der Waals surface area contributed by atoms with Crippen LogP contribution >= 0.6 is 0 Å². The molecule has 1 N–H and O–H groups in total. The van der Waals surface area contributed by atoms with Crippen LogP contribution in [0, 0.1) is 5.92 Å². The molecule has 1 atom stereocenters. The first kappa shape index (κ1) is 13.9. The lowest BCUT2D eigenvalue weighted by Crippen LogP contribution is -2.53. The summed E-state index contributed by atoms with van der Waals surface area (Å²) < 4.78 is 5.57. The first-order valence-electron chi connectivity index (χ1n) is 7.93. The smallest absolute Gasteiger partial charge is 0.122 e. The highest BCUT2D eigenvalue weighted by Crippen LogP contribution is 2.26. The molecule has 0 radical (unpaired) electrons. The van der Waals surface area contributed by atoms with Gasteiger partial charge in [0.1, 0.15) is 5.75 Å². The zero-order valence-corrected chi connectivity index (χ0v) is 12.7. The molecule has 1 aromatic carbocycles. The molecule has 3 rings (SSSR count). The number of hydrogen-bond donors (Lipinski definition) is 1. The number of hydrogen-bond acceptors (Lipinski definition) is 3. The Balaban J connectivity index is 1.54. The van der Waals surface area contributed by atoms with Crippen molar-refractivity contribution in [3.8, 4) is 5.75 Å². The second kappa shape index (κ2) is 6.15. The Morgan fingerprint density at radius 3 is 3.15 bits per heavy atom. The van der Waals surface area contributed by atoms with Crippen molar-refractivity contribution < 1.29 is 4.74 Å². The van der Waals surface area contributed by atoms with Crippen molar-refractivity contribution in [2.24, 2.45) is 5.92 Å². The third kappa shape index (κ3) is 3.15. The average molecular weight is 274 g/mol. The lowest BCUT2D eigenvalue weighted by Gasteiger charge is -2.35. The van der Waals surface area contributed by atoms with E-state index in [-0.39, 0.29) is 0 Å². The molecule has 3 nitrogen and oxygen atoms in total. The molecule has 110 valence electrons. The van der Waals surface area contributed by atoms with Gasteiger partial charge in [0.05, 0.1) is 6.61 Å². The molecule has 2 aliphatic heterocycles. The molecule has 0 amide bonds. The molecule has 1 unspecified atom stereocenters. The van der Waals surface area contributed by atoms with Crippen LogP contribution in [-0.2, 0) is 12.8 Å². The van der Waals surface area contributed by atoms with Gasteiger partial charge < -0.3 is 15.0 Å². The van der Waals surface area contributed by atoms with Gasteiger partial charge in [-0.05, 0) is 29.5 Å². The Morgan fingerprint density at radius 2 is 2.30 bits per heavy atom. The van der Waals surface area contributed by atoms with Crippen molar-refractivity contribution in [2.75, 3.05) is 32.8 Å². The van der Waals surface area contributed by atoms with Gasteiger partial charge in [0.15, 0.2) is 0 Å². The third-order valence-electron chi connectivity index (χ3n) is 4.56. The van der Waals surface area contributed by atoms with E-state index in [1.807, 2.05) is 0 Å². The number of ether oxygens (including phenoxy) is 1. The summed E-state index contributed by atoms with van der Waals surface area (Å²) in [5.41, 5.74) is 2.84. The molecule has 1 saturated heterocycles. The SMILES string of the molecule is CC(C)C1CN(CCc2ccc3c(c2)CCO3)CCN1. The van der Waals surface area contributed by atoms with E-state index in [2.05, 4.69) is 42.3 Å². The Kier molecular flexibility index (Phi) is 4.27. The summed E-state index contributed by atoms with van der Waals surface area (Å²) >= 11 is 0. The average Bonchev–Trinajstić information content (AvgIpc) is 2.93. The molecule has 0 aliphatic carbocycles. The van der Waals surface area contributed by atoms with Crippen LogP contribution in [0.1, 0.15) is 25.0 Å². The molecule has 2 heterocycles. The molecule has 3 heteroatoms. The number of nitrogens with one attached hydrogen (secondary N) is 1. The van der Waals surface area contributed by atoms with Crippen LogP contribution in [0.4, 0.5) is 0 Å². The van der Waals surface area contributed by atoms with Gasteiger partial charge >= 0.3 is 0 Å². The normalized spacial score (nSPS) is 22.9. The van der Waals surface area contributed by atoms with E-state index < -0.39 is 0 Å². The van der Waals surface area contributed by atoms with Gasteiger partial charge in [0.25, 0.3) is 0 Å². The quantitative estimate of drug-likeness (QED) is 0.910. The van der Waals surface area contributed by atoms with Crippen LogP contribution in [-0.4, -0.2) is 43.7 Å². The van der Waals surface area contributed by atoms with E-state index in [1.54, 1.807) is 0 Å². The van der Waals surface area contributed by atoms with Gasteiger partial charge in [-0.2, -0.15) is 0 Å². The maximum atomic E-state index is 5.57. The fourth-order valence-electron chi connectivity index (χ4n) is 3.17. The first-order chi connectivity index (χ1) is 9.72. The minimum Gasteiger partial charge on any atom is -0.493 e. The summed E-state index contributed by atoms with van der Waals surface area (Å²) in [5.74, 6) is 1.81. The van der Waals surface area contributed by atoms with Crippen molar-refractivity contribution in [1.29, 1.82) is 0 Å². The standard InChI is InChI=1S/C17H26N2O/c1-13(2)16-12-19(9-7-18-16)8-5-14-3-4-17-15(11-14)6-10-20-17/h3-4,11,13,16,18H,5-10,12H2,1-2H3. The first-order valence-corrected chi connectivity index (χ1v) is 7.93. The van der Waals surface area contributed by atoms with Gasteiger partial charge in [0, 0.05) is 38.6 Å². The van der Waals surface area contributed by atoms with Gasteiger partial charge in [-0.25, -0.2) is 0 Å². The van der Waals surface area contributed by atoms with Gasteiger partial charge in [-0.3, -0.25) is 0 Å². The fraction of sp³-hybridized carbons (Fsp3) is 0.647. The second-order valence-electron chi connectivity index (χ2n) is 6.40. The van der Waals surface area contributed by atoms with Crippen LogP contribution in [0.25, 0.3) is 0 Å². The largest absolute Gasteiger partial charge is 0.493 e. The molecule has 0 aromatic heterocycles.